The molecule has 5 nitrogen and oxygen atoms in total. The third kappa shape index (κ3) is 4.34. The Bertz CT molecular complexity index is 1010. The van der Waals surface area contributed by atoms with Gasteiger partial charge in [-0.3, -0.25) is 14.2 Å². The zero-order valence-corrected chi connectivity index (χ0v) is 17.7. The highest BCUT2D eigenvalue weighted by Crippen LogP contribution is 2.34. The van der Waals surface area contributed by atoms with E-state index >= 15 is 0 Å². The van der Waals surface area contributed by atoms with Crippen LogP contribution in [-0.2, 0) is 11.3 Å². The number of thioether (sulfide) groups is 1. The summed E-state index contributed by atoms with van der Waals surface area (Å²) in [7, 11) is 0. The quantitative estimate of drug-likeness (QED) is 0.334. The van der Waals surface area contributed by atoms with E-state index in [-0.39, 0.29) is 23.3 Å². The second-order valence-corrected chi connectivity index (χ2v) is 8.82. The lowest BCUT2D eigenvalue weighted by molar-refractivity contribution is -0.119. The molecule has 0 saturated carbocycles. The van der Waals surface area contributed by atoms with Gasteiger partial charge in [0.15, 0.2) is 5.16 Å². The fourth-order valence-electron chi connectivity index (χ4n) is 2.57. The molecule has 0 saturated heterocycles. The number of hydrogen-bond acceptors (Lipinski definition) is 6. The van der Waals surface area contributed by atoms with E-state index in [1.165, 1.54) is 23.1 Å². The van der Waals surface area contributed by atoms with Crippen LogP contribution in [0, 0.1) is 0 Å². The van der Waals surface area contributed by atoms with Gasteiger partial charge in [-0.25, -0.2) is 4.98 Å². The van der Waals surface area contributed by atoms with Gasteiger partial charge in [0, 0.05) is 28.4 Å². The van der Waals surface area contributed by atoms with Crippen molar-refractivity contribution in [3.63, 3.8) is 0 Å². The number of nitrogens with one attached hydrogen (secondary N) is 1. The van der Waals surface area contributed by atoms with Crippen molar-refractivity contribution in [3.05, 3.63) is 45.9 Å². The molecule has 0 bridgehead atoms. The van der Waals surface area contributed by atoms with Crippen molar-refractivity contribution < 1.29 is 4.79 Å². The van der Waals surface area contributed by atoms with Crippen molar-refractivity contribution in [1.29, 1.82) is 0 Å². The summed E-state index contributed by atoms with van der Waals surface area (Å²) >= 11 is 4.34. The zero-order valence-electron chi connectivity index (χ0n) is 15.2. The number of allylic oxidation sites excluding steroid dienone is 1. The van der Waals surface area contributed by atoms with Gasteiger partial charge in [0.05, 0.1) is 11.1 Å². The van der Waals surface area contributed by atoms with Gasteiger partial charge < -0.3 is 5.32 Å². The number of thiophene rings is 2. The molecule has 8 heteroatoms. The first kappa shape index (κ1) is 19.9. The van der Waals surface area contributed by atoms with Gasteiger partial charge in [-0.15, -0.1) is 29.3 Å². The third-order valence-corrected chi connectivity index (χ3v) is 6.86. The van der Waals surface area contributed by atoms with Crippen LogP contribution in [0.3, 0.4) is 0 Å². The Kier molecular flexibility index (Phi) is 6.51. The highest BCUT2D eigenvalue weighted by molar-refractivity contribution is 7.99. The third-order valence-electron chi connectivity index (χ3n) is 4.11. The second-order valence-electron chi connectivity index (χ2n) is 6.07. The van der Waals surface area contributed by atoms with Crippen LogP contribution >= 0.6 is 34.4 Å². The number of fused-ring (bicyclic) bond motifs is 1. The Morgan fingerprint density at radius 2 is 2.30 bits per heavy atom. The van der Waals surface area contributed by atoms with Gasteiger partial charge in [0.1, 0.15) is 4.83 Å². The molecule has 142 valence electrons. The molecule has 1 N–H and O–H groups in total. The first-order valence-corrected chi connectivity index (χ1v) is 11.4. The predicted octanol–water partition coefficient (Wildman–Crippen LogP) is 4.38. The lowest BCUT2D eigenvalue weighted by atomic mass is 10.2. The second kappa shape index (κ2) is 8.86. The van der Waals surface area contributed by atoms with Crippen LogP contribution in [0.2, 0.25) is 0 Å². The van der Waals surface area contributed by atoms with Crippen molar-refractivity contribution in [1.82, 2.24) is 14.9 Å². The van der Waals surface area contributed by atoms with Crippen molar-refractivity contribution in [2.24, 2.45) is 0 Å². The highest BCUT2D eigenvalue weighted by atomic mass is 32.2. The van der Waals surface area contributed by atoms with Crippen LogP contribution in [0.1, 0.15) is 20.3 Å². The van der Waals surface area contributed by atoms with Crippen molar-refractivity contribution in [2.45, 2.75) is 38.0 Å². The van der Waals surface area contributed by atoms with E-state index in [1.54, 1.807) is 22.0 Å². The number of nitrogens with zero attached hydrogens (tertiary/aromatic N) is 2. The van der Waals surface area contributed by atoms with Gasteiger partial charge >= 0.3 is 0 Å². The standard InChI is InChI=1S/C19H21N3O2S3/c1-4-8-22-18(24)16-13(14-7-6-9-25-14)10-26-17(16)21-19(22)27-11-15(23)20-12(3)5-2/h4,6-7,9-10,12H,1,5,8,11H2,2-3H3,(H,20,23)/t12-/m0/s1. The minimum absolute atomic E-state index is 0.0562. The van der Waals surface area contributed by atoms with Gasteiger partial charge in [-0.05, 0) is 24.8 Å². The Morgan fingerprint density at radius 1 is 1.48 bits per heavy atom. The number of aromatic nitrogens is 2. The van der Waals surface area contributed by atoms with Crippen molar-refractivity contribution >= 4 is 50.6 Å². The summed E-state index contributed by atoms with van der Waals surface area (Å²) in [5.41, 5.74) is 0.834. The molecule has 0 aliphatic rings. The van der Waals surface area contributed by atoms with Gasteiger partial charge in [0.2, 0.25) is 5.91 Å². The van der Waals surface area contributed by atoms with Crippen molar-refractivity contribution in [3.8, 4) is 10.4 Å². The Hall–Kier alpha value is -1.90. The van der Waals surface area contributed by atoms with Crippen molar-refractivity contribution in [2.75, 3.05) is 5.75 Å². The van der Waals surface area contributed by atoms with E-state index in [2.05, 4.69) is 16.9 Å². The number of carbonyl (C=O) groups is 1. The number of carbonyl (C=O) groups excluding carboxylic acids is 1. The summed E-state index contributed by atoms with van der Waals surface area (Å²) in [5, 5.41) is 8.09. The summed E-state index contributed by atoms with van der Waals surface area (Å²) in [5.74, 6) is 0.169. The van der Waals surface area contributed by atoms with Crippen LogP contribution < -0.4 is 10.9 Å². The fourth-order valence-corrected chi connectivity index (χ4v) is 5.19. The van der Waals surface area contributed by atoms with E-state index in [0.717, 1.165) is 16.9 Å². The molecular weight excluding hydrogens is 398 g/mol. The summed E-state index contributed by atoms with van der Waals surface area (Å²) < 4.78 is 1.60. The maximum Gasteiger partial charge on any atom is 0.263 e. The average molecular weight is 420 g/mol. The predicted molar refractivity (Wildman–Crippen MR) is 116 cm³/mol. The van der Waals surface area contributed by atoms with E-state index in [9.17, 15) is 9.59 Å². The van der Waals surface area contributed by atoms with Crippen LogP contribution in [-0.4, -0.2) is 27.3 Å². The van der Waals surface area contributed by atoms with E-state index in [0.29, 0.717) is 21.9 Å². The van der Waals surface area contributed by atoms with Gasteiger partial charge in [-0.1, -0.05) is 30.8 Å². The molecule has 3 heterocycles. The van der Waals surface area contributed by atoms with Gasteiger partial charge in [0.25, 0.3) is 5.56 Å². The number of rotatable bonds is 8. The molecule has 0 aliphatic heterocycles. The summed E-state index contributed by atoms with van der Waals surface area (Å²) in [6.45, 7) is 8.11. The number of hydrogen-bond donors (Lipinski definition) is 1. The summed E-state index contributed by atoms with van der Waals surface area (Å²) in [6, 6.07) is 4.11. The smallest absolute Gasteiger partial charge is 0.263 e. The highest BCUT2D eigenvalue weighted by Gasteiger charge is 2.18. The summed E-state index contributed by atoms with van der Waals surface area (Å²) in [4.78, 5) is 31.7. The molecule has 0 unspecified atom stereocenters. The molecule has 1 amide bonds. The molecule has 0 fully saturated rings. The monoisotopic (exact) mass is 419 g/mol. The molecule has 27 heavy (non-hydrogen) atoms. The Balaban J connectivity index is 1.96. The first-order chi connectivity index (χ1) is 13.0. The molecule has 3 rings (SSSR count). The normalized spacial score (nSPS) is 12.2. The topological polar surface area (TPSA) is 64.0 Å². The number of amides is 1. The van der Waals surface area contributed by atoms with Gasteiger partial charge in [-0.2, -0.15) is 0 Å². The largest absolute Gasteiger partial charge is 0.353 e. The molecule has 3 aromatic rings. The molecule has 0 radical (unpaired) electrons. The molecule has 0 aromatic carbocycles. The van der Waals surface area contributed by atoms with Crippen LogP contribution in [0.5, 0.6) is 0 Å². The van der Waals surface area contributed by atoms with E-state index in [4.69, 9.17) is 0 Å². The minimum Gasteiger partial charge on any atom is -0.353 e. The lowest BCUT2D eigenvalue weighted by Crippen LogP contribution is -2.33. The fraction of sp³-hybridized carbons (Fsp3) is 0.316. The van der Waals surface area contributed by atoms with E-state index < -0.39 is 0 Å². The van der Waals surface area contributed by atoms with E-state index in [1.807, 2.05) is 36.7 Å². The SMILES string of the molecule is C=CCn1c(SCC(=O)N[C@@H](C)CC)nc2scc(-c3cccs3)c2c1=O. The lowest BCUT2D eigenvalue weighted by Gasteiger charge is -2.13. The molecule has 0 aliphatic carbocycles. The van der Waals surface area contributed by atoms with Crippen LogP contribution in [0.15, 0.2) is 45.5 Å². The van der Waals surface area contributed by atoms with Crippen LogP contribution in [0.4, 0.5) is 0 Å². The maximum absolute atomic E-state index is 13.2. The maximum atomic E-state index is 13.2. The van der Waals surface area contributed by atoms with Crippen LogP contribution in [0.25, 0.3) is 20.7 Å². The molecular formula is C19H21N3O2S3. The Labute approximate surface area is 170 Å². The summed E-state index contributed by atoms with van der Waals surface area (Å²) in [6.07, 6.45) is 2.55. The zero-order chi connectivity index (χ0) is 19.4. The molecule has 0 spiro atoms. The average Bonchev–Trinajstić information content (AvgIpc) is 3.31. The minimum atomic E-state index is -0.0885. The molecule has 3 aromatic heterocycles. The Morgan fingerprint density at radius 3 is 2.96 bits per heavy atom. The molecule has 1 atom stereocenters. The first-order valence-electron chi connectivity index (χ1n) is 8.64.